The van der Waals surface area contributed by atoms with Gasteiger partial charge in [0, 0.05) is 31.6 Å². The zero-order chi connectivity index (χ0) is 10.5. The summed E-state index contributed by atoms with van der Waals surface area (Å²) >= 11 is 0. The Morgan fingerprint density at radius 3 is 2.40 bits per heavy atom. The maximum atomic E-state index is 4.79. The van der Waals surface area contributed by atoms with Crippen LogP contribution in [0, 0.1) is 0 Å². The summed E-state index contributed by atoms with van der Waals surface area (Å²) in [5, 5.41) is 4.00. The molecule has 0 amide bonds. The van der Waals surface area contributed by atoms with Crippen molar-refractivity contribution in [2.45, 2.75) is 12.8 Å². The predicted octanol–water partition coefficient (Wildman–Crippen LogP) is 2.29. The monoisotopic (exact) mass is 204 g/mol. The van der Waals surface area contributed by atoms with Crippen LogP contribution in [0.25, 0.3) is 0 Å². The third kappa shape index (κ3) is 2.49. The average Bonchev–Trinajstić information content (AvgIpc) is 2.32. The number of benzene rings is 1. The van der Waals surface area contributed by atoms with Gasteiger partial charge in [0.05, 0.1) is 5.71 Å². The van der Waals surface area contributed by atoms with Crippen molar-refractivity contribution in [1.82, 2.24) is 0 Å². The molecular weight excluding hydrogens is 188 g/mol. The van der Waals surface area contributed by atoms with E-state index in [1.807, 2.05) is 6.07 Å². The molecule has 15 heavy (non-hydrogen) atoms. The highest BCUT2D eigenvalue weighted by Crippen LogP contribution is 2.17. The van der Waals surface area contributed by atoms with Crippen LogP contribution in [0.15, 0.2) is 35.5 Å². The standard InChI is InChI=1S/C12H16N2O/c1-15-13-11-7-9-14(10-8-11)12-5-3-2-4-6-12/h2-6H,7-10H2,1H3. The average molecular weight is 204 g/mol. The van der Waals surface area contributed by atoms with Gasteiger partial charge in [0.15, 0.2) is 0 Å². The van der Waals surface area contributed by atoms with E-state index in [0.29, 0.717) is 0 Å². The minimum atomic E-state index is 1.00. The van der Waals surface area contributed by atoms with E-state index in [0.717, 1.165) is 25.9 Å². The Morgan fingerprint density at radius 2 is 1.80 bits per heavy atom. The van der Waals surface area contributed by atoms with Crippen LogP contribution in [0.5, 0.6) is 0 Å². The van der Waals surface area contributed by atoms with E-state index in [4.69, 9.17) is 4.84 Å². The molecule has 1 aromatic rings. The molecule has 80 valence electrons. The topological polar surface area (TPSA) is 24.8 Å². The molecule has 1 aromatic carbocycles. The Bertz CT molecular complexity index is 325. The Hall–Kier alpha value is -1.51. The first kappa shape index (κ1) is 10.0. The lowest BCUT2D eigenvalue weighted by Gasteiger charge is -2.29. The second-order valence-corrected chi connectivity index (χ2v) is 3.66. The van der Waals surface area contributed by atoms with Gasteiger partial charge in [-0.3, -0.25) is 0 Å². The van der Waals surface area contributed by atoms with Crippen LogP contribution in [-0.2, 0) is 4.84 Å². The van der Waals surface area contributed by atoms with Gasteiger partial charge in [0.1, 0.15) is 7.11 Å². The Kier molecular flexibility index (Phi) is 3.22. The summed E-state index contributed by atoms with van der Waals surface area (Å²) in [7, 11) is 1.61. The van der Waals surface area contributed by atoms with Crippen LogP contribution in [0.2, 0.25) is 0 Å². The van der Waals surface area contributed by atoms with E-state index in [-0.39, 0.29) is 0 Å². The Labute approximate surface area is 90.3 Å². The van der Waals surface area contributed by atoms with Crippen molar-refractivity contribution in [3.63, 3.8) is 0 Å². The molecule has 1 aliphatic heterocycles. The predicted molar refractivity (Wildman–Crippen MR) is 62.3 cm³/mol. The third-order valence-electron chi connectivity index (χ3n) is 2.68. The minimum Gasteiger partial charge on any atom is -0.399 e. The Morgan fingerprint density at radius 1 is 1.13 bits per heavy atom. The van der Waals surface area contributed by atoms with Crippen molar-refractivity contribution in [2.24, 2.45) is 5.16 Å². The molecule has 1 aliphatic rings. The summed E-state index contributed by atoms with van der Waals surface area (Å²) in [5.74, 6) is 0. The van der Waals surface area contributed by atoms with Gasteiger partial charge < -0.3 is 9.74 Å². The van der Waals surface area contributed by atoms with Crippen LogP contribution in [0.1, 0.15) is 12.8 Å². The molecule has 0 unspecified atom stereocenters. The molecule has 0 saturated carbocycles. The third-order valence-corrected chi connectivity index (χ3v) is 2.68. The maximum Gasteiger partial charge on any atom is 0.106 e. The normalized spacial score (nSPS) is 16.3. The Balaban J connectivity index is 1.97. The van der Waals surface area contributed by atoms with Gasteiger partial charge in [0.2, 0.25) is 0 Å². The van der Waals surface area contributed by atoms with Gasteiger partial charge in [0.25, 0.3) is 0 Å². The molecule has 1 heterocycles. The van der Waals surface area contributed by atoms with Gasteiger partial charge in [-0.25, -0.2) is 0 Å². The zero-order valence-corrected chi connectivity index (χ0v) is 9.02. The lowest BCUT2D eigenvalue weighted by atomic mass is 10.1. The highest BCUT2D eigenvalue weighted by atomic mass is 16.6. The second kappa shape index (κ2) is 4.82. The van der Waals surface area contributed by atoms with Crippen molar-refractivity contribution < 1.29 is 4.84 Å². The largest absolute Gasteiger partial charge is 0.399 e. The lowest BCUT2D eigenvalue weighted by molar-refractivity contribution is 0.211. The zero-order valence-electron chi connectivity index (χ0n) is 9.02. The van der Waals surface area contributed by atoms with E-state index in [1.54, 1.807) is 7.11 Å². The molecular formula is C12H16N2O. The van der Waals surface area contributed by atoms with E-state index in [1.165, 1.54) is 11.4 Å². The van der Waals surface area contributed by atoms with Crippen molar-refractivity contribution >= 4 is 11.4 Å². The molecule has 3 heteroatoms. The maximum absolute atomic E-state index is 4.79. The fraction of sp³-hybridized carbons (Fsp3) is 0.417. The summed E-state index contributed by atoms with van der Waals surface area (Å²) in [6.45, 7) is 2.07. The van der Waals surface area contributed by atoms with E-state index in [2.05, 4.69) is 34.3 Å². The van der Waals surface area contributed by atoms with Gasteiger partial charge in [-0.05, 0) is 12.1 Å². The van der Waals surface area contributed by atoms with Crippen LogP contribution in [-0.4, -0.2) is 25.9 Å². The van der Waals surface area contributed by atoms with Crippen LogP contribution in [0.3, 0.4) is 0 Å². The van der Waals surface area contributed by atoms with Crippen molar-refractivity contribution in [3.05, 3.63) is 30.3 Å². The van der Waals surface area contributed by atoms with E-state index in [9.17, 15) is 0 Å². The van der Waals surface area contributed by atoms with Crippen molar-refractivity contribution in [2.75, 3.05) is 25.1 Å². The van der Waals surface area contributed by atoms with Crippen LogP contribution < -0.4 is 4.90 Å². The fourth-order valence-electron chi connectivity index (χ4n) is 1.88. The molecule has 0 bridgehead atoms. The summed E-state index contributed by atoms with van der Waals surface area (Å²) in [4.78, 5) is 7.18. The summed E-state index contributed by atoms with van der Waals surface area (Å²) in [6, 6.07) is 10.5. The first-order chi connectivity index (χ1) is 7.40. The quantitative estimate of drug-likeness (QED) is 0.690. The first-order valence-corrected chi connectivity index (χ1v) is 5.29. The van der Waals surface area contributed by atoms with E-state index < -0.39 is 0 Å². The summed E-state index contributed by atoms with van der Waals surface area (Å²) in [5.41, 5.74) is 2.47. The number of oxime groups is 1. The van der Waals surface area contributed by atoms with Crippen LogP contribution >= 0.6 is 0 Å². The molecule has 3 nitrogen and oxygen atoms in total. The number of anilines is 1. The molecule has 0 aliphatic carbocycles. The molecule has 0 radical (unpaired) electrons. The number of rotatable bonds is 2. The van der Waals surface area contributed by atoms with Crippen molar-refractivity contribution in [3.8, 4) is 0 Å². The minimum absolute atomic E-state index is 1.00. The fourth-order valence-corrected chi connectivity index (χ4v) is 1.88. The number of hydrogen-bond donors (Lipinski definition) is 0. The summed E-state index contributed by atoms with van der Waals surface area (Å²) < 4.78 is 0. The molecule has 0 N–H and O–H groups in total. The molecule has 1 fully saturated rings. The SMILES string of the molecule is CON=C1CCN(c2ccccc2)CC1. The first-order valence-electron chi connectivity index (χ1n) is 5.29. The number of piperidine rings is 1. The highest BCUT2D eigenvalue weighted by molar-refractivity contribution is 5.86. The van der Waals surface area contributed by atoms with Gasteiger partial charge >= 0.3 is 0 Å². The highest BCUT2D eigenvalue weighted by Gasteiger charge is 2.15. The van der Waals surface area contributed by atoms with Gasteiger partial charge in [-0.15, -0.1) is 0 Å². The van der Waals surface area contributed by atoms with Crippen molar-refractivity contribution in [1.29, 1.82) is 0 Å². The smallest absolute Gasteiger partial charge is 0.106 e. The number of para-hydroxylation sites is 1. The number of nitrogens with zero attached hydrogens (tertiary/aromatic N) is 2. The molecule has 1 saturated heterocycles. The van der Waals surface area contributed by atoms with Crippen LogP contribution in [0.4, 0.5) is 5.69 Å². The van der Waals surface area contributed by atoms with E-state index >= 15 is 0 Å². The molecule has 0 atom stereocenters. The molecule has 0 spiro atoms. The van der Waals surface area contributed by atoms with Gasteiger partial charge in [-0.2, -0.15) is 0 Å². The lowest BCUT2D eigenvalue weighted by Crippen LogP contribution is -2.33. The van der Waals surface area contributed by atoms with Gasteiger partial charge in [-0.1, -0.05) is 23.4 Å². The summed E-state index contributed by atoms with van der Waals surface area (Å²) in [6.07, 6.45) is 2.01. The second-order valence-electron chi connectivity index (χ2n) is 3.66. The number of hydrogen-bond acceptors (Lipinski definition) is 3. The molecule has 2 rings (SSSR count). The molecule has 0 aromatic heterocycles.